The lowest BCUT2D eigenvalue weighted by molar-refractivity contribution is 1.34. The Kier molecular flexibility index (Phi) is 5.15. The van der Waals surface area contributed by atoms with E-state index in [0.717, 1.165) is 0 Å². The van der Waals surface area contributed by atoms with Crippen molar-refractivity contribution in [2.75, 3.05) is 0 Å². The molecule has 0 aliphatic carbocycles. The third-order valence-corrected chi connectivity index (χ3v) is 2.99. The van der Waals surface area contributed by atoms with Crippen LogP contribution in [-0.4, -0.2) is 0 Å². The highest BCUT2D eigenvalue weighted by Gasteiger charge is 2.05. The molecule has 0 radical (unpaired) electrons. The van der Waals surface area contributed by atoms with Gasteiger partial charge in [-0.1, -0.05) is 61.4 Å². The van der Waals surface area contributed by atoms with E-state index in [4.69, 9.17) is 0 Å². The zero-order chi connectivity index (χ0) is 13.7. The highest BCUT2D eigenvalue weighted by Crippen LogP contribution is 2.28. The predicted molar refractivity (Wildman–Crippen MR) is 82.2 cm³/mol. The smallest absolute Gasteiger partial charge is 0.0125 e. The Bertz CT molecular complexity index is 481. The first kappa shape index (κ1) is 14.5. The second-order valence-electron chi connectivity index (χ2n) is 4.64. The molecule has 0 spiro atoms. The van der Waals surface area contributed by atoms with E-state index >= 15 is 0 Å². The first-order chi connectivity index (χ1) is 8.58. The number of rotatable bonds is 1. The summed E-state index contributed by atoms with van der Waals surface area (Å²) in [4.78, 5) is 0. The molecule has 0 aliphatic rings. The fraction of sp³-hybridized carbons (Fsp3) is 0.333. The van der Waals surface area contributed by atoms with E-state index in [9.17, 15) is 0 Å². The third-order valence-electron chi connectivity index (χ3n) is 2.99. The molecule has 0 unspecified atom stereocenters. The largest absolute Gasteiger partial charge is 0.0683 e. The van der Waals surface area contributed by atoms with Crippen molar-refractivity contribution in [2.24, 2.45) is 0 Å². The van der Waals surface area contributed by atoms with Gasteiger partial charge in [0.15, 0.2) is 0 Å². The molecule has 0 heteroatoms. The van der Waals surface area contributed by atoms with Gasteiger partial charge in [0, 0.05) is 0 Å². The Morgan fingerprint density at radius 1 is 0.667 bits per heavy atom. The van der Waals surface area contributed by atoms with Crippen LogP contribution in [0.2, 0.25) is 0 Å². The van der Waals surface area contributed by atoms with Crippen molar-refractivity contribution in [3.8, 4) is 11.1 Å². The van der Waals surface area contributed by atoms with Gasteiger partial charge >= 0.3 is 0 Å². The molecule has 0 bridgehead atoms. The molecule has 0 atom stereocenters. The summed E-state index contributed by atoms with van der Waals surface area (Å²) < 4.78 is 0. The maximum Gasteiger partial charge on any atom is -0.0125 e. The molecule has 0 saturated carbocycles. The summed E-state index contributed by atoms with van der Waals surface area (Å²) in [6.45, 7) is 12.7. The van der Waals surface area contributed by atoms with Crippen LogP contribution in [0.5, 0.6) is 0 Å². The van der Waals surface area contributed by atoms with E-state index in [1.165, 1.54) is 33.4 Å². The Hall–Kier alpha value is -1.56. The fourth-order valence-electron chi connectivity index (χ4n) is 2.39. The first-order valence-corrected chi connectivity index (χ1v) is 6.73. The molecule has 0 fully saturated rings. The molecule has 0 nitrogen and oxygen atoms in total. The van der Waals surface area contributed by atoms with Crippen LogP contribution in [0.3, 0.4) is 0 Å². The molecule has 0 aliphatic heterocycles. The summed E-state index contributed by atoms with van der Waals surface area (Å²) in [6.07, 6.45) is 0. The zero-order valence-electron chi connectivity index (χ0n) is 12.5. The highest BCUT2D eigenvalue weighted by atomic mass is 14.1. The summed E-state index contributed by atoms with van der Waals surface area (Å²) >= 11 is 0. The van der Waals surface area contributed by atoms with Crippen molar-refractivity contribution < 1.29 is 0 Å². The average Bonchev–Trinajstić information content (AvgIpc) is 2.30. The topological polar surface area (TPSA) is 0 Å². The van der Waals surface area contributed by atoms with Crippen molar-refractivity contribution in [3.05, 3.63) is 58.7 Å². The zero-order valence-corrected chi connectivity index (χ0v) is 12.5. The molecular weight excluding hydrogens is 216 g/mol. The van der Waals surface area contributed by atoms with Gasteiger partial charge in [-0.05, 0) is 49.9 Å². The molecule has 2 rings (SSSR count). The normalized spacial score (nSPS) is 9.67. The van der Waals surface area contributed by atoms with Gasteiger partial charge in [-0.2, -0.15) is 0 Å². The van der Waals surface area contributed by atoms with Crippen molar-refractivity contribution in [1.29, 1.82) is 0 Å². The van der Waals surface area contributed by atoms with Gasteiger partial charge in [0.05, 0.1) is 0 Å². The molecule has 2 aromatic carbocycles. The van der Waals surface area contributed by atoms with Crippen molar-refractivity contribution >= 4 is 0 Å². The molecule has 18 heavy (non-hydrogen) atoms. The van der Waals surface area contributed by atoms with E-state index in [2.05, 4.69) is 64.1 Å². The summed E-state index contributed by atoms with van der Waals surface area (Å²) in [5.41, 5.74) is 8.09. The van der Waals surface area contributed by atoms with E-state index in [1.807, 2.05) is 13.8 Å². The molecule has 0 aromatic heterocycles. The van der Waals surface area contributed by atoms with Crippen LogP contribution in [0.1, 0.15) is 36.1 Å². The molecular formula is C18H24. The molecule has 0 heterocycles. The lowest BCUT2D eigenvalue weighted by atomic mass is 9.93. The summed E-state index contributed by atoms with van der Waals surface area (Å²) in [5, 5.41) is 0. The van der Waals surface area contributed by atoms with E-state index in [0.29, 0.717) is 0 Å². The third kappa shape index (κ3) is 3.22. The van der Waals surface area contributed by atoms with E-state index in [-0.39, 0.29) is 0 Å². The van der Waals surface area contributed by atoms with Crippen LogP contribution >= 0.6 is 0 Å². The van der Waals surface area contributed by atoms with Gasteiger partial charge in [-0.15, -0.1) is 0 Å². The van der Waals surface area contributed by atoms with Crippen molar-refractivity contribution in [3.63, 3.8) is 0 Å². The fourth-order valence-corrected chi connectivity index (χ4v) is 2.39. The number of hydrogen-bond donors (Lipinski definition) is 0. The quantitative estimate of drug-likeness (QED) is 0.607. The average molecular weight is 240 g/mol. The lowest BCUT2D eigenvalue weighted by Gasteiger charge is -2.11. The maximum atomic E-state index is 2.27. The van der Waals surface area contributed by atoms with Gasteiger partial charge < -0.3 is 0 Å². The van der Waals surface area contributed by atoms with E-state index < -0.39 is 0 Å². The van der Waals surface area contributed by atoms with Crippen LogP contribution in [0.25, 0.3) is 11.1 Å². The predicted octanol–water partition coefficient (Wildman–Crippen LogP) is 5.61. The van der Waals surface area contributed by atoms with Gasteiger partial charge in [-0.3, -0.25) is 0 Å². The molecule has 0 amide bonds. The summed E-state index contributed by atoms with van der Waals surface area (Å²) in [5.74, 6) is 0. The minimum absolute atomic E-state index is 1.33. The minimum atomic E-state index is 1.33. The van der Waals surface area contributed by atoms with Crippen LogP contribution in [0.4, 0.5) is 0 Å². The second kappa shape index (κ2) is 6.39. The Morgan fingerprint density at radius 2 is 1.11 bits per heavy atom. The monoisotopic (exact) mass is 240 g/mol. The maximum absolute atomic E-state index is 2.27. The van der Waals surface area contributed by atoms with Crippen LogP contribution in [0, 0.1) is 27.7 Å². The SMILES string of the molecule is CC.Cc1cc(C)cc(-c2c(C)cccc2C)c1. The summed E-state index contributed by atoms with van der Waals surface area (Å²) in [6, 6.07) is 13.2. The number of aryl methyl sites for hydroxylation is 4. The molecule has 2 aromatic rings. The minimum Gasteiger partial charge on any atom is -0.0683 e. The van der Waals surface area contributed by atoms with Crippen LogP contribution in [0.15, 0.2) is 36.4 Å². The Morgan fingerprint density at radius 3 is 1.56 bits per heavy atom. The van der Waals surface area contributed by atoms with E-state index in [1.54, 1.807) is 0 Å². The highest BCUT2D eigenvalue weighted by molar-refractivity contribution is 5.71. The Labute approximate surface area is 112 Å². The molecule has 96 valence electrons. The lowest BCUT2D eigenvalue weighted by Crippen LogP contribution is -1.89. The van der Waals surface area contributed by atoms with Crippen LogP contribution < -0.4 is 0 Å². The van der Waals surface area contributed by atoms with Gasteiger partial charge in [0.2, 0.25) is 0 Å². The van der Waals surface area contributed by atoms with Gasteiger partial charge in [0.1, 0.15) is 0 Å². The number of benzene rings is 2. The standard InChI is InChI=1S/C16H18.C2H6/c1-11-8-12(2)10-15(9-11)16-13(3)6-5-7-14(16)4;1-2/h5-10H,1-4H3;1-2H3. The van der Waals surface area contributed by atoms with Crippen LogP contribution in [-0.2, 0) is 0 Å². The van der Waals surface area contributed by atoms with Gasteiger partial charge in [-0.25, -0.2) is 0 Å². The first-order valence-electron chi connectivity index (χ1n) is 6.73. The van der Waals surface area contributed by atoms with Crippen molar-refractivity contribution in [1.82, 2.24) is 0 Å². The summed E-state index contributed by atoms with van der Waals surface area (Å²) in [7, 11) is 0. The Balaban J connectivity index is 0.000000771. The molecule has 0 N–H and O–H groups in total. The van der Waals surface area contributed by atoms with Gasteiger partial charge in [0.25, 0.3) is 0 Å². The second-order valence-corrected chi connectivity index (χ2v) is 4.64. The molecule has 0 saturated heterocycles. The van der Waals surface area contributed by atoms with Crippen molar-refractivity contribution in [2.45, 2.75) is 41.5 Å². The number of hydrogen-bond acceptors (Lipinski definition) is 0.